The molecule has 0 aliphatic heterocycles. The molecule has 2 atom stereocenters. The SMILES string of the molecule is CCCCO.CCCNC1CC1C. The van der Waals surface area contributed by atoms with Crippen LogP contribution in [0.5, 0.6) is 0 Å². The van der Waals surface area contributed by atoms with E-state index in [1.165, 1.54) is 19.4 Å². The summed E-state index contributed by atoms with van der Waals surface area (Å²) in [7, 11) is 0. The highest BCUT2D eigenvalue weighted by atomic mass is 16.2. The number of hydrogen-bond donors (Lipinski definition) is 2. The Bertz CT molecular complexity index is 104. The van der Waals surface area contributed by atoms with E-state index >= 15 is 0 Å². The van der Waals surface area contributed by atoms with Gasteiger partial charge in [-0.05, 0) is 31.7 Å². The average Bonchev–Trinajstić information content (AvgIpc) is 2.81. The molecule has 13 heavy (non-hydrogen) atoms. The summed E-state index contributed by atoms with van der Waals surface area (Å²) in [5.41, 5.74) is 0. The first-order chi connectivity index (χ1) is 6.26. The Balaban J connectivity index is 0.000000252. The fraction of sp³-hybridized carbons (Fsp3) is 1.00. The molecule has 0 heterocycles. The van der Waals surface area contributed by atoms with Gasteiger partial charge in [0.25, 0.3) is 0 Å². The molecule has 1 fully saturated rings. The molecule has 0 spiro atoms. The predicted octanol–water partition coefficient (Wildman–Crippen LogP) is 2.17. The van der Waals surface area contributed by atoms with Crippen LogP contribution in [0.1, 0.15) is 46.5 Å². The van der Waals surface area contributed by atoms with E-state index < -0.39 is 0 Å². The van der Waals surface area contributed by atoms with Gasteiger partial charge in [0.1, 0.15) is 0 Å². The molecule has 0 aromatic heterocycles. The Labute approximate surface area is 82.7 Å². The van der Waals surface area contributed by atoms with E-state index in [1.807, 2.05) is 0 Å². The molecule has 0 radical (unpaired) electrons. The van der Waals surface area contributed by atoms with Crippen LogP contribution in [0.3, 0.4) is 0 Å². The number of rotatable bonds is 5. The van der Waals surface area contributed by atoms with Gasteiger partial charge in [-0.1, -0.05) is 27.2 Å². The molecule has 0 bridgehead atoms. The van der Waals surface area contributed by atoms with Crippen molar-refractivity contribution in [1.29, 1.82) is 0 Å². The number of aliphatic hydroxyl groups excluding tert-OH is 1. The normalized spacial score (nSPS) is 24.9. The van der Waals surface area contributed by atoms with Crippen LogP contribution in [-0.4, -0.2) is 24.3 Å². The molecular weight excluding hydrogens is 162 g/mol. The lowest BCUT2D eigenvalue weighted by molar-refractivity contribution is 0.287. The van der Waals surface area contributed by atoms with Crippen LogP contribution < -0.4 is 5.32 Å². The monoisotopic (exact) mass is 187 g/mol. The molecule has 80 valence electrons. The predicted molar refractivity (Wildman–Crippen MR) is 57.9 cm³/mol. The molecule has 2 unspecified atom stereocenters. The standard InChI is InChI=1S/C7H15N.C4H10O/c1-3-4-8-7-5-6(7)2;1-2-3-4-5/h6-8H,3-5H2,1-2H3;5H,2-4H2,1H3. The van der Waals surface area contributed by atoms with Crippen molar-refractivity contribution in [3.8, 4) is 0 Å². The maximum atomic E-state index is 8.07. The minimum absolute atomic E-state index is 0.344. The van der Waals surface area contributed by atoms with Crippen molar-refractivity contribution < 1.29 is 5.11 Å². The van der Waals surface area contributed by atoms with Crippen LogP contribution in [-0.2, 0) is 0 Å². The Morgan fingerprint density at radius 3 is 2.15 bits per heavy atom. The van der Waals surface area contributed by atoms with Crippen molar-refractivity contribution in [2.45, 2.75) is 52.5 Å². The van der Waals surface area contributed by atoms with Gasteiger partial charge in [-0.25, -0.2) is 0 Å². The van der Waals surface area contributed by atoms with Crippen LogP contribution in [0.15, 0.2) is 0 Å². The van der Waals surface area contributed by atoms with E-state index in [-0.39, 0.29) is 0 Å². The molecular formula is C11H25NO. The van der Waals surface area contributed by atoms with Crippen molar-refractivity contribution in [3.63, 3.8) is 0 Å². The molecule has 2 N–H and O–H groups in total. The minimum atomic E-state index is 0.344. The topological polar surface area (TPSA) is 32.3 Å². The lowest BCUT2D eigenvalue weighted by Gasteiger charge is -1.96. The number of nitrogens with one attached hydrogen (secondary N) is 1. The van der Waals surface area contributed by atoms with Crippen molar-refractivity contribution in [2.24, 2.45) is 5.92 Å². The van der Waals surface area contributed by atoms with Gasteiger partial charge in [-0.3, -0.25) is 0 Å². The summed E-state index contributed by atoms with van der Waals surface area (Å²) in [5.74, 6) is 0.960. The largest absolute Gasteiger partial charge is 0.396 e. The van der Waals surface area contributed by atoms with Crippen LogP contribution in [0.4, 0.5) is 0 Å². The molecule has 0 aromatic rings. The Morgan fingerprint density at radius 2 is 1.92 bits per heavy atom. The third-order valence-electron chi connectivity index (χ3n) is 2.28. The third kappa shape index (κ3) is 8.26. The summed E-state index contributed by atoms with van der Waals surface area (Å²) < 4.78 is 0. The van der Waals surface area contributed by atoms with Gasteiger partial charge in [0.05, 0.1) is 0 Å². The van der Waals surface area contributed by atoms with Crippen molar-refractivity contribution in [2.75, 3.05) is 13.2 Å². The summed E-state index contributed by atoms with van der Waals surface area (Å²) in [6.45, 7) is 8.11. The lowest BCUT2D eigenvalue weighted by Crippen LogP contribution is -2.18. The Hall–Kier alpha value is -0.0800. The average molecular weight is 187 g/mol. The van der Waals surface area contributed by atoms with E-state index in [2.05, 4.69) is 26.1 Å². The molecule has 0 saturated heterocycles. The number of aliphatic hydroxyl groups is 1. The highest BCUT2D eigenvalue weighted by molar-refractivity contribution is 4.89. The first kappa shape index (κ1) is 12.9. The van der Waals surface area contributed by atoms with Gasteiger partial charge in [0.2, 0.25) is 0 Å². The lowest BCUT2D eigenvalue weighted by atomic mass is 10.4. The molecule has 1 aliphatic carbocycles. The third-order valence-corrected chi connectivity index (χ3v) is 2.28. The molecule has 2 heteroatoms. The highest BCUT2D eigenvalue weighted by Crippen LogP contribution is 2.28. The van der Waals surface area contributed by atoms with E-state index in [0.717, 1.165) is 24.8 Å². The molecule has 1 saturated carbocycles. The van der Waals surface area contributed by atoms with Crippen molar-refractivity contribution in [1.82, 2.24) is 5.32 Å². The second-order valence-corrected chi connectivity index (χ2v) is 3.85. The molecule has 1 aliphatic rings. The van der Waals surface area contributed by atoms with E-state index in [9.17, 15) is 0 Å². The second kappa shape index (κ2) is 8.52. The Morgan fingerprint density at radius 1 is 1.31 bits per heavy atom. The van der Waals surface area contributed by atoms with Crippen molar-refractivity contribution in [3.05, 3.63) is 0 Å². The summed E-state index contributed by atoms with van der Waals surface area (Å²) >= 11 is 0. The zero-order chi connectivity index (χ0) is 10.1. The molecule has 0 aromatic carbocycles. The zero-order valence-electron chi connectivity index (χ0n) is 9.34. The first-order valence-electron chi connectivity index (χ1n) is 5.60. The maximum Gasteiger partial charge on any atom is 0.0430 e. The van der Waals surface area contributed by atoms with Gasteiger partial charge in [-0.2, -0.15) is 0 Å². The van der Waals surface area contributed by atoms with Crippen LogP contribution >= 0.6 is 0 Å². The fourth-order valence-corrected chi connectivity index (χ4v) is 1.09. The van der Waals surface area contributed by atoms with E-state index in [0.29, 0.717) is 6.61 Å². The van der Waals surface area contributed by atoms with Crippen LogP contribution in [0.25, 0.3) is 0 Å². The van der Waals surface area contributed by atoms with E-state index in [1.54, 1.807) is 0 Å². The van der Waals surface area contributed by atoms with Gasteiger partial charge >= 0.3 is 0 Å². The maximum absolute atomic E-state index is 8.07. The molecule has 0 amide bonds. The smallest absolute Gasteiger partial charge is 0.0430 e. The summed E-state index contributed by atoms with van der Waals surface area (Å²) in [6.07, 6.45) is 4.71. The van der Waals surface area contributed by atoms with Crippen molar-refractivity contribution >= 4 is 0 Å². The van der Waals surface area contributed by atoms with Gasteiger partial charge in [0.15, 0.2) is 0 Å². The molecule has 1 rings (SSSR count). The fourth-order valence-electron chi connectivity index (χ4n) is 1.09. The van der Waals surface area contributed by atoms with Crippen LogP contribution in [0.2, 0.25) is 0 Å². The second-order valence-electron chi connectivity index (χ2n) is 3.85. The van der Waals surface area contributed by atoms with E-state index in [4.69, 9.17) is 5.11 Å². The summed E-state index contributed by atoms with van der Waals surface area (Å²) in [6, 6.07) is 0.870. The van der Waals surface area contributed by atoms with Gasteiger partial charge in [-0.15, -0.1) is 0 Å². The first-order valence-corrected chi connectivity index (χ1v) is 5.60. The number of hydrogen-bond acceptors (Lipinski definition) is 2. The minimum Gasteiger partial charge on any atom is -0.396 e. The summed E-state index contributed by atoms with van der Waals surface area (Å²) in [4.78, 5) is 0. The Kier molecular flexibility index (Phi) is 8.46. The highest BCUT2D eigenvalue weighted by Gasteiger charge is 2.30. The number of unbranched alkanes of at least 4 members (excludes halogenated alkanes) is 1. The zero-order valence-corrected chi connectivity index (χ0v) is 9.34. The van der Waals surface area contributed by atoms with Gasteiger partial charge in [0, 0.05) is 12.6 Å². The van der Waals surface area contributed by atoms with Crippen LogP contribution in [0, 0.1) is 5.92 Å². The quantitative estimate of drug-likeness (QED) is 0.691. The van der Waals surface area contributed by atoms with Gasteiger partial charge < -0.3 is 10.4 Å². The summed E-state index contributed by atoms with van der Waals surface area (Å²) in [5, 5.41) is 11.5. The molecule has 2 nitrogen and oxygen atoms in total.